The standard InChI is InChI=1S/C18H18ClN3O4/c1-18(2,3)21(20-16(23)12-8-5-4-6-9-12)17(24)13-10-7-11-14(19)15(13)22(25)26/h4-11H,1-3H3,(H,20,23). The molecule has 0 aliphatic heterocycles. The Hall–Kier alpha value is -2.93. The summed E-state index contributed by atoms with van der Waals surface area (Å²) >= 11 is 5.89. The van der Waals surface area contributed by atoms with E-state index in [4.69, 9.17) is 11.6 Å². The van der Waals surface area contributed by atoms with Crippen molar-refractivity contribution < 1.29 is 14.5 Å². The number of nitro groups is 1. The van der Waals surface area contributed by atoms with Crippen molar-refractivity contribution in [3.63, 3.8) is 0 Å². The Morgan fingerprint density at radius 2 is 1.69 bits per heavy atom. The van der Waals surface area contributed by atoms with E-state index < -0.39 is 28.0 Å². The Bertz CT molecular complexity index is 847. The van der Waals surface area contributed by atoms with Gasteiger partial charge in [-0.3, -0.25) is 25.1 Å². The fraction of sp³-hybridized carbons (Fsp3) is 0.222. The molecule has 0 fully saturated rings. The molecule has 2 aromatic carbocycles. The van der Waals surface area contributed by atoms with Crippen LogP contribution in [0.3, 0.4) is 0 Å². The van der Waals surface area contributed by atoms with Gasteiger partial charge in [-0.25, -0.2) is 5.01 Å². The van der Waals surface area contributed by atoms with Crippen molar-refractivity contribution in [1.29, 1.82) is 0 Å². The van der Waals surface area contributed by atoms with Crippen molar-refractivity contribution >= 4 is 29.1 Å². The smallest absolute Gasteiger partial charge is 0.267 e. The lowest BCUT2D eigenvalue weighted by atomic mass is 10.1. The summed E-state index contributed by atoms with van der Waals surface area (Å²) < 4.78 is 0. The van der Waals surface area contributed by atoms with E-state index in [1.54, 1.807) is 51.1 Å². The predicted molar refractivity (Wildman–Crippen MR) is 97.9 cm³/mol. The molecule has 136 valence electrons. The minimum atomic E-state index is -0.836. The summed E-state index contributed by atoms with van der Waals surface area (Å²) in [5.74, 6) is -1.23. The van der Waals surface area contributed by atoms with Gasteiger partial charge in [0.1, 0.15) is 10.6 Å². The van der Waals surface area contributed by atoms with Gasteiger partial charge >= 0.3 is 5.69 Å². The summed E-state index contributed by atoms with van der Waals surface area (Å²) in [7, 11) is 0. The highest BCUT2D eigenvalue weighted by Crippen LogP contribution is 2.30. The van der Waals surface area contributed by atoms with Gasteiger partial charge in [0.15, 0.2) is 0 Å². The first-order chi connectivity index (χ1) is 12.1. The number of halogens is 1. The molecule has 0 unspecified atom stereocenters. The third kappa shape index (κ3) is 4.18. The molecule has 0 heterocycles. The monoisotopic (exact) mass is 375 g/mol. The second-order valence-corrected chi connectivity index (χ2v) is 6.92. The molecule has 8 heteroatoms. The van der Waals surface area contributed by atoms with Crippen LogP contribution in [-0.2, 0) is 0 Å². The van der Waals surface area contributed by atoms with E-state index in [9.17, 15) is 19.7 Å². The van der Waals surface area contributed by atoms with E-state index >= 15 is 0 Å². The highest BCUT2D eigenvalue weighted by Gasteiger charge is 2.34. The molecular weight excluding hydrogens is 358 g/mol. The normalized spacial score (nSPS) is 10.9. The summed E-state index contributed by atoms with van der Waals surface area (Å²) in [5, 5.41) is 12.2. The zero-order valence-electron chi connectivity index (χ0n) is 14.5. The maximum atomic E-state index is 13.0. The molecule has 1 N–H and O–H groups in total. The van der Waals surface area contributed by atoms with Gasteiger partial charge in [0.2, 0.25) is 0 Å². The van der Waals surface area contributed by atoms with Gasteiger partial charge in [-0.1, -0.05) is 35.9 Å². The zero-order chi connectivity index (χ0) is 19.5. The van der Waals surface area contributed by atoms with Crippen molar-refractivity contribution in [3.8, 4) is 0 Å². The maximum absolute atomic E-state index is 13.0. The first kappa shape index (κ1) is 19.4. The van der Waals surface area contributed by atoms with Gasteiger partial charge in [-0.2, -0.15) is 0 Å². The fourth-order valence-corrected chi connectivity index (χ4v) is 2.52. The maximum Gasteiger partial charge on any atom is 0.300 e. The van der Waals surface area contributed by atoms with E-state index in [-0.39, 0.29) is 10.6 Å². The molecule has 0 aliphatic carbocycles. The molecule has 2 amide bonds. The molecule has 0 atom stereocenters. The fourth-order valence-electron chi connectivity index (χ4n) is 2.27. The number of amides is 2. The zero-order valence-corrected chi connectivity index (χ0v) is 15.3. The SMILES string of the molecule is CC(C)(C)N(NC(=O)c1ccccc1)C(=O)c1cccc(Cl)c1[N+](=O)[O-]. The number of benzene rings is 2. The topological polar surface area (TPSA) is 92.6 Å². The minimum absolute atomic E-state index is 0.149. The van der Waals surface area contributed by atoms with Gasteiger partial charge in [0, 0.05) is 5.56 Å². The first-order valence-electron chi connectivity index (χ1n) is 7.76. The number of hydrazine groups is 1. The van der Waals surface area contributed by atoms with E-state index in [1.165, 1.54) is 18.2 Å². The van der Waals surface area contributed by atoms with E-state index in [0.29, 0.717) is 5.56 Å². The molecule has 26 heavy (non-hydrogen) atoms. The minimum Gasteiger partial charge on any atom is -0.267 e. The second-order valence-electron chi connectivity index (χ2n) is 6.51. The highest BCUT2D eigenvalue weighted by atomic mass is 35.5. The molecule has 0 spiro atoms. The summed E-state index contributed by atoms with van der Waals surface area (Å²) in [4.78, 5) is 36.1. The van der Waals surface area contributed by atoms with Crippen LogP contribution in [-0.4, -0.2) is 27.3 Å². The lowest BCUT2D eigenvalue weighted by molar-refractivity contribution is -0.385. The largest absolute Gasteiger partial charge is 0.300 e. The van der Waals surface area contributed by atoms with Gasteiger partial charge < -0.3 is 0 Å². The lowest BCUT2D eigenvalue weighted by Gasteiger charge is -2.35. The quantitative estimate of drug-likeness (QED) is 0.651. The molecule has 0 bridgehead atoms. The average Bonchev–Trinajstić information content (AvgIpc) is 2.58. The lowest BCUT2D eigenvalue weighted by Crippen LogP contribution is -2.56. The Morgan fingerprint density at radius 1 is 1.08 bits per heavy atom. The number of carbonyl (C=O) groups excluding carboxylic acids is 2. The molecule has 0 saturated heterocycles. The number of carbonyl (C=O) groups is 2. The Kier molecular flexibility index (Phi) is 5.62. The molecular formula is C18H18ClN3O4. The van der Waals surface area contributed by atoms with E-state index in [2.05, 4.69) is 5.43 Å². The Morgan fingerprint density at radius 3 is 2.23 bits per heavy atom. The van der Waals surface area contributed by atoms with Crippen LogP contribution in [0.2, 0.25) is 5.02 Å². The van der Waals surface area contributed by atoms with E-state index in [0.717, 1.165) is 5.01 Å². The highest BCUT2D eigenvalue weighted by molar-refractivity contribution is 6.33. The number of nitrogens with one attached hydrogen (secondary N) is 1. The molecule has 0 saturated carbocycles. The number of nitro benzene ring substituents is 1. The summed E-state index contributed by atoms with van der Waals surface area (Å²) in [5.41, 5.74) is 1.36. The van der Waals surface area contributed by atoms with Crippen molar-refractivity contribution in [2.24, 2.45) is 0 Å². The van der Waals surface area contributed by atoms with Crippen molar-refractivity contribution in [1.82, 2.24) is 10.4 Å². The van der Waals surface area contributed by atoms with E-state index in [1.807, 2.05) is 0 Å². The number of hydrogen-bond donors (Lipinski definition) is 1. The van der Waals surface area contributed by atoms with Gasteiger partial charge in [-0.15, -0.1) is 0 Å². The number of para-hydroxylation sites is 1. The van der Waals surface area contributed by atoms with Crippen molar-refractivity contribution in [3.05, 3.63) is 74.8 Å². The number of hydrogen-bond acceptors (Lipinski definition) is 4. The average molecular weight is 376 g/mol. The predicted octanol–water partition coefficient (Wildman–Crippen LogP) is 3.83. The molecule has 2 aromatic rings. The molecule has 0 aromatic heterocycles. The van der Waals surface area contributed by atoms with Crippen LogP contribution in [0.25, 0.3) is 0 Å². The van der Waals surface area contributed by atoms with Crippen LogP contribution in [0.1, 0.15) is 41.5 Å². The van der Waals surface area contributed by atoms with Crippen molar-refractivity contribution in [2.75, 3.05) is 0 Å². The summed E-state index contributed by atoms with van der Waals surface area (Å²) in [6.07, 6.45) is 0. The number of nitrogens with zero attached hydrogens (tertiary/aromatic N) is 2. The first-order valence-corrected chi connectivity index (χ1v) is 8.14. The van der Waals surface area contributed by atoms with Gasteiger partial charge in [0.05, 0.1) is 10.5 Å². The van der Waals surface area contributed by atoms with Crippen LogP contribution in [0.4, 0.5) is 5.69 Å². The Labute approximate surface area is 155 Å². The number of rotatable bonds is 3. The van der Waals surface area contributed by atoms with Crippen LogP contribution < -0.4 is 5.43 Å². The van der Waals surface area contributed by atoms with Crippen LogP contribution in [0.15, 0.2) is 48.5 Å². The van der Waals surface area contributed by atoms with Crippen LogP contribution >= 0.6 is 11.6 Å². The third-order valence-electron chi connectivity index (χ3n) is 3.52. The van der Waals surface area contributed by atoms with Gasteiger partial charge in [0.25, 0.3) is 11.8 Å². The third-order valence-corrected chi connectivity index (χ3v) is 3.83. The molecule has 0 aliphatic rings. The summed E-state index contributed by atoms with van der Waals surface area (Å²) in [6.45, 7) is 5.10. The molecule has 0 radical (unpaired) electrons. The van der Waals surface area contributed by atoms with Crippen LogP contribution in [0.5, 0.6) is 0 Å². The van der Waals surface area contributed by atoms with Gasteiger partial charge in [-0.05, 0) is 45.0 Å². The second kappa shape index (κ2) is 7.53. The van der Waals surface area contributed by atoms with Crippen LogP contribution in [0, 0.1) is 10.1 Å². The van der Waals surface area contributed by atoms with Crippen molar-refractivity contribution in [2.45, 2.75) is 26.3 Å². The summed E-state index contributed by atoms with van der Waals surface area (Å²) in [6, 6.07) is 12.4. The Balaban J connectivity index is 2.43. The molecule has 7 nitrogen and oxygen atoms in total. The molecule has 2 rings (SSSR count).